The van der Waals surface area contributed by atoms with Crippen LogP contribution in [-0.2, 0) is 0 Å². The Balaban J connectivity index is 1.99. The van der Waals surface area contributed by atoms with Gasteiger partial charge in [0.2, 0.25) is 5.88 Å². The summed E-state index contributed by atoms with van der Waals surface area (Å²) in [7, 11) is 0. The quantitative estimate of drug-likeness (QED) is 0.642. The standard InChI is InChI=1S/C21H22N2O2/c1-14(2)18-13-20(23(22-18)19-8-6-5-7-16(19)4)25-21(24)17-11-9-15(3)10-12-17/h5-14H,1-4H3. The fourth-order valence-corrected chi connectivity index (χ4v) is 2.55. The molecule has 1 aromatic heterocycles. The Labute approximate surface area is 148 Å². The van der Waals surface area contributed by atoms with Gasteiger partial charge in [-0.15, -0.1) is 0 Å². The first-order valence-electron chi connectivity index (χ1n) is 8.40. The van der Waals surface area contributed by atoms with Gasteiger partial charge in [0, 0.05) is 6.07 Å². The summed E-state index contributed by atoms with van der Waals surface area (Å²) >= 11 is 0. The minimum absolute atomic E-state index is 0.238. The molecule has 2 aromatic carbocycles. The van der Waals surface area contributed by atoms with E-state index in [4.69, 9.17) is 4.74 Å². The molecule has 0 radical (unpaired) electrons. The summed E-state index contributed by atoms with van der Waals surface area (Å²) in [6.07, 6.45) is 0. The highest BCUT2D eigenvalue weighted by molar-refractivity contribution is 5.91. The van der Waals surface area contributed by atoms with Crippen molar-refractivity contribution in [2.24, 2.45) is 0 Å². The molecule has 3 aromatic rings. The normalized spacial score (nSPS) is 10.9. The second-order valence-corrected chi connectivity index (χ2v) is 6.52. The molecular weight excluding hydrogens is 312 g/mol. The lowest BCUT2D eigenvalue weighted by molar-refractivity contribution is 0.0723. The third kappa shape index (κ3) is 3.63. The highest BCUT2D eigenvalue weighted by atomic mass is 16.5. The molecule has 128 valence electrons. The molecule has 0 N–H and O–H groups in total. The Hall–Kier alpha value is -2.88. The van der Waals surface area contributed by atoms with Crippen molar-refractivity contribution in [1.29, 1.82) is 0 Å². The Kier molecular flexibility index (Phi) is 4.70. The lowest BCUT2D eigenvalue weighted by Crippen LogP contribution is -2.12. The molecule has 0 bridgehead atoms. The molecule has 0 amide bonds. The lowest BCUT2D eigenvalue weighted by Gasteiger charge is -2.10. The van der Waals surface area contributed by atoms with E-state index in [9.17, 15) is 4.79 Å². The van der Waals surface area contributed by atoms with Crippen molar-refractivity contribution in [1.82, 2.24) is 9.78 Å². The summed E-state index contributed by atoms with van der Waals surface area (Å²) in [5.74, 6) is 0.288. The summed E-state index contributed by atoms with van der Waals surface area (Å²) in [6.45, 7) is 8.13. The van der Waals surface area contributed by atoms with Gasteiger partial charge >= 0.3 is 5.97 Å². The van der Waals surface area contributed by atoms with Gasteiger partial charge in [0.25, 0.3) is 0 Å². The van der Waals surface area contributed by atoms with Crippen molar-refractivity contribution >= 4 is 5.97 Å². The minimum atomic E-state index is -0.384. The van der Waals surface area contributed by atoms with E-state index < -0.39 is 0 Å². The molecule has 0 atom stereocenters. The summed E-state index contributed by atoms with van der Waals surface area (Å²) in [6, 6.07) is 17.1. The third-order valence-corrected chi connectivity index (χ3v) is 4.12. The van der Waals surface area contributed by atoms with Gasteiger partial charge in [-0.25, -0.2) is 9.48 Å². The Morgan fingerprint density at radius 3 is 2.36 bits per heavy atom. The van der Waals surface area contributed by atoms with E-state index in [1.807, 2.05) is 56.3 Å². The smallest absolute Gasteiger partial charge is 0.344 e. The molecule has 0 aliphatic rings. The van der Waals surface area contributed by atoms with Gasteiger partial charge < -0.3 is 4.74 Å². The summed E-state index contributed by atoms with van der Waals surface area (Å²) in [5, 5.41) is 4.64. The van der Waals surface area contributed by atoms with Crippen LogP contribution in [0.2, 0.25) is 0 Å². The van der Waals surface area contributed by atoms with Crippen molar-refractivity contribution in [3.8, 4) is 11.6 Å². The lowest BCUT2D eigenvalue weighted by atomic mass is 10.1. The van der Waals surface area contributed by atoms with Crippen LogP contribution in [0.3, 0.4) is 0 Å². The summed E-state index contributed by atoms with van der Waals surface area (Å²) < 4.78 is 7.38. The first-order chi connectivity index (χ1) is 12.0. The fourth-order valence-electron chi connectivity index (χ4n) is 2.55. The SMILES string of the molecule is Cc1ccc(C(=O)Oc2cc(C(C)C)nn2-c2ccccc2C)cc1. The number of rotatable bonds is 4. The largest absolute Gasteiger partial charge is 0.404 e. The molecular formula is C21H22N2O2. The Bertz CT molecular complexity index is 893. The van der Waals surface area contributed by atoms with Crippen LogP contribution in [0.4, 0.5) is 0 Å². The molecule has 4 heteroatoms. The van der Waals surface area contributed by atoms with Crippen LogP contribution < -0.4 is 4.74 Å². The second kappa shape index (κ2) is 6.93. The van der Waals surface area contributed by atoms with Gasteiger partial charge in [-0.3, -0.25) is 0 Å². The number of nitrogens with zero attached hydrogens (tertiary/aromatic N) is 2. The van der Waals surface area contributed by atoms with Crippen LogP contribution in [0.15, 0.2) is 54.6 Å². The summed E-state index contributed by atoms with van der Waals surface area (Å²) in [4.78, 5) is 12.5. The number of para-hydroxylation sites is 1. The molecule has 0 saturated heterocycles. The zero-order valence-corrected chi connectivity index (χ0v) is 15.0. The molecule has 25 heavy (non-hydrogen) atoms. The Morgan fingerprint density at radius 2 is 1.72 bits per heavy atom. The molecule has 0 spiro atoms. The molecule has 0 fully saturated rings. The predicted octanol–water partition coefficient (Wildman–Crippen LogP) is 4.83. The van der Waals surface area contributed by atoms with E-state index in [0.717, 1.165) is 22.5 Å². The number of hydrogen-bond acceptors (Lipinski definition) is 3. The van der Waals surface area contributed by atoms with Crippen LogP contribution in [0.1, 0.15) is 46.9 Å². The van der Waals surface area contributed by atoms with Crippen LogP contribution in [0, 0.1) is 13.8 Å². The molecule has 0 aliphatic carbocycles. The third-order valence-electron chi connectivity index (χ3n) is 4.12. The van der Waals surface area contributed by atoms with Crippen molar-refractivity contribution in [2.45, 2.75) is 33.6 Å². The maximum Gasteiger partial charge on any atom is 0.344 e. The maximum absolute atomic E-state index is 12.5. The average molecular weight is 334 g/mol. The minimum Gasteiger partial charge on any atom is -0.404 e. The molecule has 3 rings (SSSR count). The van der Waals surface area contributed by atoms with Crippen LogP contribution >= 0.6 is 0 Å². The van der Waals surface area contributed by atoms with Gasteiger partial charge in [0.1, 0.15) is 0 Å². The van der Waals surface area contributed by atoms with Gasteiger partial charge in [-0.05, 0) is 43.5 Å². The van der Waals surface area contributed by atoms with Gasteiger partial charge in [0.05, 0.1) is 16.9 Å². The van der Waals surface area contributed by atoms with Gasteiger partial charge in [0.15, 0.2) is 0 Å². The zero-order chi connectivity index (χ0) is 18.0. The number of esters is 1. The van der Waals surface area contributed by atoms with Crippen molar-refractivity contribution in [3.05, 3.63) is 77.0 Å². The number of ether oxygens (including phenoxy) is 1. The second-order valence-electron chi connectivity index (χ2n) is 6.52. The highest BCUT2D eigenvalue weighted by Gasteiger charge is 2.18. The van der Waals surface area contributed by atoms with Crippen LogP contribution in [-0.4, -0.2) is 15.7 Å². The zero-order valence-electron chi connectivity index (χ0n) is 15.0. The van der Waals surface area contributed by atoms with E-state index in [2.05, 4.69) is 18.9 Å². The topological polar surface area (TPSA) is 44.1 Å². The first kappa shape index (κ1) is 17.0. The molecule has 0 aliphatic heterocycles. The number of aromatic nitrogens is 2. The first-order valence-corrected chi connectivity index (χ1v) is 8.40. The maximum atomic E-state index is 12.5. The van der Waals surface area contributed by atoms with E-state index in [1.165, 1.54) is 0 Å². The molecule has 0 saturated carbocycles. The van der Waals surface area contributed by atoms with E-state index in [0.29, 0.717) is 11.4 Å². The number of hydrogen-bond donors (Lipinski definition) is 0. The monoisotopic (exact) mass is 334 g/mol. The number of benzene rings is 2. The highest BCUT2D eigenvalue weighted by Crippen LogP contribution is 2.26. The van der Waals surface area contributed by atoms with Gasteiger partial charge in [-0.1, -0.05) is 49.7 Å². The number of aryl methyl sites for hydroxylation is 2. The fraction of sp³-hybridized carbons (Fsp3) is 0.238. The van der Waals surface area contributed by atoms with Crippen molar-refractivity contribution < 1.29 is 9.53 Å². The van der Waals surface area contributed by atoms with Gasteiger partial charge in [-0.2, -0.15) is 5.10 Å². The molecule has 0 unspecified atom stereocenters. The van der Waals surface area contributed by atoms with E-state index in [-0.39, 0.29) is 11.9 Å². The van der Waals surface area contributed by atoms with Crippen LogP contribution in [0.25, 0.3) is 5.69 Å². The Morgan fingerprint density at radius 1 is 1.04 bits per heavy atom. The number of carbonyl (C=O) groups excluding carboxylic acids is 1. The van der Waals surface area contributed by atoms with Crippen molar-refractivity contribution in [2.75, 3.05) is 0 Å². The van der Waals surface area contributed by atoms with Crippen LogP contribution in [0.5, 0.6) is 5.88 Å². The molecule has 1 heterocycles. The predicted molar refractivity (Wildman–Crippen MR) is 98.5 cm³/mol. The average Bonchev–Trinajstić information content (AvgIpc) is 3.00. The summed E-state index contributed by atoms with van der Waals surface area (Å²) in [5.41, 5.74) is 4.47. The van der Waals surface area contributed by atoms with E-state index in [1.54, 1.807) is 16.8 Å². The molecule has 4 nitrogen and oxygen atoms in total. The van der Waals surface area contributed by atoms with E-state index >= 15 is 0 Å². The number of carbonyl (C=O) groups is 1. The van der Waals surface area contributed by atoms with Crippen molar-refractivity contribution in [3.63, 3.8) is 0 Å².